The molecule has 1 N–H and O–H groups in total. The largest absolute Gasteiger partial charge is 0.352 e. The van der Waals surface area contributed by atoms with E-state index in [1.54, 1.807) is 22.8 Å². The van der Waals surface area contributed by atoms with Crippen LogP contribution >= 0.6 is 23.2 Å². The van der Waals surface area contributed by atoms with Gasteiger partial charge in [-0.05, 0) is 30.0 Å². The Kier molecular flexibility index (Phi) is 6.20. The van der Waals surface area contributed by atoms with Crippen LogP contribution in [0.25, 0.3) is 5.65 Å². The Hall–Kier alpha value is -2.11. The molecule has 0 saturated carbocycles. The van der Waals surface area contributed by atoms with Crippen LogP contribution in [0.3, 0.4) is 0 Å². The van der Waals surface area contributed by atoms with Gasteiger partial charge in [0.2, 0.25) is 0 Å². The number of nitrogens with zero attached hydrogens (tertiary/aromatic N) is 3. The van der Waals surface area contributed by atoms with Crippen molar-refractivity contribution in [3.8, 4) is 0 Å². The van der Waals surface area contributed by atoms with Crippen molar-refractivity contribution in [3.05, 3.63) is 63.0 Å². The zero-order chi connectivity index (χ0) is 21.3. The average Bonchev–Trinajstić information content (AvgIpc) is 3.07. The summed E-state index contributed by atoms with van der Waals surface area (Å²) in [6, 6.07) is 7.36. The monoisotopic (exact) mass is 432 g/mol. The summed E-state index contributed by atoms with van der Waals surface area (Å²) in [6.07, 6.45) is 2.26. The molecule has 29 heavy (non-hydrogen) atoms. The highest BCUT2D eigenvalue weighted by molar-refractivity contribution is 6.35. The second kappa shape index (κ2) is 8.33. The van der Waals surface area contributed by atoms with Crippen LogP contribution in [-0.2, 0) is 11.8 Å². The van der Waals surface area contributed by atoms with Gasteiger partial charge in [-0.1, -0.05) is 63.9 Å². The highest BCUT2D eigenvalue weighted by Crippen LogP contribution is 2.26. The lowest BCUT2D eigenvalue weighted by Crippen LogP contribution is -2.28. The smallest absolute Gasteiger partial charge is 0.254 e. The van der Waals surface area contributed by atoms with Crippen LogP contribution < -0.4 is 5.32 Å². The highest BCUT2D eigenvalue weighted by atomic mass is 35.5. The first-order valence-electron chi connectivity index (χ1n) is 9.69. The number of amides is 1. The maximum atomic E-state index is 12.9. The fourth-order valence-electron chi connectivity index (χ4n) is 3.18. The van der Waals surface area contributed by atoms with E-state index in [1.807, 2.05) is 12.1 Å². The van der Waals surface area contributed by atoms with Gasteiger partial charge in [0.1, 0.15) is 0 Å². The van der Waals surface area contributed by atoms with Crippen LogP contribution in [-0.4, -0.2) is 27.0 Å². The summed E-state index contributed by atoms with van der Waals surface area (Å²) in [4.78, 5) is 17.4. The van der Waals surface area contributed by atoms with E-state index in [4.69, 9.17) is 28.3 Å². The summed E-state index contributed by atoms with van der Waals surface area (Å²) in [5.74, 6) is -0.0549. The van der Waals surface area contributed by atoms with Gasteiger partial charge in [-0.3, -0.25) is 4.79 Å². The molecule has 0 atom stereocenters. The Labute approximate surface area is 181 Å². The zero-order valence-electron chi connectivity index (χ0n) is 17.4. The van der Waals surface area contributed by atoms with E-state index in [1.165, 1.54) is 0 Å². The van der Waals surface area contributed by atoms with Crippen molar-refractivity contribution >= 4 is 34.8 Å². The Morgan fingerprint density at radius 2 is 1.93 bits per heavy atom. The molecule has 5 nitrogen and oxygen atoms in total. The molecule has 3 rings (SSSR count). The number of aromatic nitrogens is 3. The summed E-state index contributed by atoms with van der Waals surface area (Å²) in [5.41, 5.74) is 3.94. The minimum Gasteiger partial charge on any atom is -0.352 e. The van der Waals surface area contributed by atoms with Gasteiger partial charge in [0.05, 0.1) is 17.0 Å². The van der Waals surface area contributed by atoms with Crippen molar-refractivity contribution in [2.45, 2.75) is 52.4 Å². The molecule has 1 amide bonds. The Bertz CT molecular complexity index is 1050. The van der Waals surface area contributed by atoms with Crippen LogP contribution in [0.2, 0.25) is 10.0 Å². The minimum absolute atomic E-state index is 0.0950. The van der Waals surface area contributed by atoms with Crippen LogP contribution in [0.1, 0.15) is 67.8 Å². The van der Waals surface area contributed by atoms with Gasteiger partial charge in [-0.15, -0.1) is 0 Å². The number of benzene rings is 1. The van der Waals surface area contributed by atoms with Gasteiger partial charge in [-0.25, -0.2) is 9.50 Å². The van der Waals surface area contributed by atoms with E-state index in [-0.39, 0.29) is 17.2 Å². The minimum atomic E-state index is -0.166. The third-order valence-electron chi connectivity index (χ3n) is 4.78. The molecule has 0 aliphatic carbocycles. The molecule has 0 radical (unpaired) electrons. The number of hydrogen-bond acceptors (Lipinski definition) is 3. The fourth-order valence-corrected chi connectivity index (χ4v) is 3.68. The number of carbonyl (C=O) groups excluding carboxylic acids is 1. The molecule has 0 saturated heterocycles. The predicted molar refractivity (Wildman–Crippen MR) is 118 cm³/mol. The predicted octanol–water partition coefficient (Wildman–Crippen LogP) is 5.43. The van der Waals surface area contributed by atoms with Crippen LogP contribution in [0.15, 0.2) is 30.5 Å². The maximum absolute atomic E-state index is 12.9. The summed E-state index contributed by atoms with van der Waals surface area (Å²) >= 11 is 12.2. The lowest BCUT2D eigenvalue weighted by Gasteiger charge is -2.15. The van der Waals surface area contributed by atoms with Crippen molar-refractivity contribution in [2.75, 3.05) is 6.54 Å². The van der Waals surface area contributed by atoms with E-state index in [2.05, 4.69) is 44.9 Å². The second-order valence-corrected chi connectivity index (χ2v) is 9.35. The van der Waals surface area contributed by atoms with E-state index in [9.17, 15) is 4.79 Å². The molecule has 154 valence electrons. The summed E-state index contributed by atoms with van der Waals surface area (Å²) in [7, 11) is 0. The summed E-state index contributed by atoms with van der Waals surface area (Å²) in [6.45, 7) is 10.9. The van der Waals surface area contributed by atoms with Crippen LogP contribution in [0.5, 0.6) is 0 Å². The number of carbonyl (C=O) groups is 1. The van der Waals surface area contributed by atoms with Crippen molar-refractivity contribution < 1.29 is 4.79 Å². The SMILES string of the molecule is CC(C)c1c(C(=O)NCCc2ccc(Cl)cc2Cl)cnc2cc(C(C)(C)C)nn12. The number of halogens is 2. The Morgan fingerprint density at radius 3 is 2.55 bits per heavy atom. The van der Waals surface area contributed by atoms with E-state index < -0.39 is 0 Å². The Balaban J connectivity index is 1.84. The normalized spacial score (nSPS) is 12.0. The molecule has 3 aromatic rings. The molecule has 0 aliphatic rings. The van der Waals surface area contributed by atoms with Crippen LogP contribution in [0, 0.1) is 0 Å². The van der Waals surface area contributed by atoms with Crippen molar-refractivity contribution in [1.82, 2.24) is 19.9 Å². The third kappa shape index (κ3) is 4.73. The molecular formula is C22H26Cl2N4O. The molecule has 0 spiro atoms. The first-order valence-corrected chi connectivity index (χ1v) is 10.4. The molecule has 0 bridgehead atoms. The molecule has 7 heteroatoms. The van der Waals surface area contributed by atoms with Crippen molar-refractivity contribution in [2.24, 2.45) is 0 Å². The van der Waals surface area contributed by atoms with Crippen LogP contribution in [0.4, 0.5) is 0 Å². The topological polar surface area (TPSA) is 59.3 Å². The Morgan fingerprint density at radius 1 is 1.21 bits per heavy atom. The second-order valence-electron chi connectivity index (χ2n) is 8.50. The molecular weight excluding hydrogens is 407 g/mol. The zero-order valence-corrected chi connectivity index (χ0v) is 18.9. The number of hydrogen-bond donors (Lipinski definition) is 1. The van der Waals surface area contributed by atoms with E-state index in [0.717, 1.165) is 22.6 Å². The standard InChI is InChI=1S/C22H26Cl2N4O/c1-13(2)20-16(12-26-19-11-18(22(3,4)5)27-28(19)20)21(29)25-9-8-14-6-7-15(23)10-17(14)24/h6-7,10-13H,8-9H2,1-5H3,(H,25,29). The molecule has 2 aromatic heterocycles. The molecule has 0 fully saturated rings. The lowest BCUT2D eigenvalue weighted by molar-refractivity contribution is 0.0951. The lowest BCUT2D eigenvalue weighted by atomic mass is 9.93. The number of fused-ring (bicyclic) bond motifs is 1. The number of rotatable bonds is 5. The van der Waals surface area contributed by atoms with Gasteiger partial charge in [0, 0.05) is 34.3 Å². The van der Waals surface area contributed by atoms with Crippen molar-refractivity contribution in [3.63, 3.8) is 0 Å². The number of nitrogens with one attached hydrogen (secondary N) is 1. The average molecular weight is 433 g/mol. The third-order valence-corrected chi connectivity index (χ3v) is 5.36. The summed E-state index contributed by atoms with van der Waals surface area (Å²) < 4.78 is 1.80. The van der Waals surface area contributed by atoms with Crippen molar-refractivity contribution in [1.29, 1.82) is 0 Å². The van der Waals surface area contributed by atoms with Gasteiger partial charge in [-0.2, -0.15) is 5.10 Å². The van der Waals surface area contributed by atoms with Gasteiger partial charge in [0.15, 0.2) is 5.65 Å². The van der Waals surface area contributed by atoms with Gasteiger partial charge in [0.25, 0.3) is 5.91 Å². The van der Waals surface area contributed by atoms with E-state index >= 15 is 0 Å². The highest BCUT2D eigenvalue weighted by Gasteiger charge is 2.23. The first-order chi connectivity index (χ1) is 13.6. The summed E-state index contributed by atoms with van der Waals surface area (Å²) in [5, 5.41) is 8.91. The molecule has 0 unspecified atom stereocenters. The maximum Gasteiger partial charge on any atom is 0.254 e. The molecule has 1 aromatic carbocycles. The molecule has 2 heterocycles. The first kappa shape index (κ1) is 21.6. The molecule has 0 aliphatic heterocycles. The quantitative estimate of drug-likeness (QED) is 0.584. The van der Waals surface area contributed by atoms with E-state index in [0.29, 0.717) is 28.6 Å². The van der Waals surface area contributed by atoms with Gasteiger partial charge < -0.3 is 5.32 Å². The fraction of sp³-hybridized carbons (Fsp3) is 0.409. The van der Waals surface area contributed by atoms with Gasteiger partial charge >= 0.3 is 0 Å².